The first-order chi connectivity index (χ1) is 19.2. The van der Waals surface area contributed by atoms with Crippen LogP contribution in [0.25, 0.3) is 0 Å². The molecule has 5 nitrogen and oxygen atoms in total. The second kappa shape index (κ2) is 11.7. The Morgan fingerprint density at radius 3 is 1.72 bits per heavy atom. The van der Waals surface area contributed by atoms with Gasteiger partial charge in [-0.1, -0.05) is 103 Å². The van der Waals surface area contributed by atoms with Crippen LogP contribution < -0.4 is 4.84 Å². The smallest absolute Gasteiger partial charge is 0.155 e. The summed E-state index contributed by atoms with van der Waals surface area (Å²) >= 11 is 0. The largest absolute Gasteiger partial charge is 0.404 e. The summed E-state index contributed by atoms with van der Waals surface area (Å²) in [4.78, 5) is 6.62. The number of ether oxygens (including phenoxy) is 3. The Labute approximate surface area is 230 Å². The third-order valence-electron chi connectivity index (χ3n) is 7.69. The Morgan fingerprint density at radius 1 is 0.615 bits per heavy atom. The molecular formula is C34H35NO4. The first kappa shape index (κ1) is 25.8. The summed E-state index contributed by atoms with van der Waals surface area (Å²) in [5.74, 6) is 0.933. The van der Waals surface area contributed by atoms with Crippen molar-refractivity contribution in [1.29, 1.82) is 0 Å². The van der Waals surface area contributed by atoms with E-state index in [0.29, 0.717) is 26.4 Å². The van der Waals surface area contributed by atoms with E-state index >= 15 is 0 Å². The molecule has 5 heteroatoms. The number of aryl methyl sites for hydroxylation is 2. The molecule has 0 radical (unpaired) electrons. The van der Waals surface area contributed by atoms with Gasteiger partial charge >= 0.3 is 0 Å². The molecule has 4 atom stereocenters. The predicted molar refractivity (Wildman–Crippen MR) is 151 cm³/mol. The number of hydrogen-bond acceptors (Lipinski definition) is 5. The average Bonchev–Trinajstić information content (AvgIpc) is 3.50. The van der Waals surface area contributed by atoms with E-state index in [2.05, 4.69) is 67.4 Å². The highest BCUT2D eigenvalue weighted by Gasteiger charge is 2.57. The fourth-order valence-corrected chi connectivity index (χ4v) is 5.68. The Morgan fingerprint density at radius 2 is 1.13 bits per heavy atom. The maximum absolute atomic E-state index is 6.75. The molecule has 2 aliphatic rings. The summed E-state index contributed by atoms with van der Waals surface area (Å²) in [6, 6.07) is 34.9. The molecule has 0 N–H and O–H groups in total. The molecule has 0 aromatic heterocycles. The van der Waals surface area contributed by atoms with Gasteiger partial charge in [-0.25, -0.2) is 0 Å². The van der Waals surface area contributed by atoms with Gasteiger partial charge in [-0.05, 0) is 41.7 Å². The molecule has 0 spiro atoms. The zero-order valence-corrected chi connectivity index (χ0v) is 22.5. The van der Waals surface area contributed by atoms with Crippen LogP contribution in [0.3, 0.4) is 0 Å². The van der Waals surface area contributed by atoms with Gasteiger partial charge in [-0.2, -0.15) is 0 Å². The lowest BCUT2D eigenvalue weighted by atomic mass is 9.94. The van der Waals surface area contributed by atoms with Gasteiger partial charge in [0.05, 0.1) is 32.5 Å². The van der Waals surface area contributed by atoms with Crippen molar-refractivity contribution < 1.29 is 19.0 Å². The van der Waals surface area contributed by atoms with E-state index in [0.717, 1.165) is 28.0 Å². The first-order valence-electron chi connectivity index (χ1n) is 13.7. The molecule has 0 aliphatic carbocycles. The first-order valence-corrected chi connectivity index (χ1v) is 13.7. The van der Waals surface area contributed by atoms with Crippen molar-refractivity contribution in [1.82, 2.24) is 5.06 Å². The number of benzene rings is 4. The fourth-order valence-electron chi connectivity index (χ4n) is 5.68. The van der Waals surface area contributed by atoms with Crippen molar-refractivity contribution in [2.75, 3.05) is 6.61 Å². The van der Waals surface area contributed by atoms with Crippen LogP contribution >= 0.6 is 0 Å². The van der Waals surface area contributed by atoms with Crippen molar-refractivity contribution in [3.05, 3.63) is 137 Å². The normalized spacial score (nSPS) is 21.9. The highest BCUT2D eigenvalue weighted by molar-refractivity contribution is 5.51. The third kappa shape index (κ3) is 5.49. The van der Waals surface area contributed by atoms with Crippen LogP contribution in [0, 0.1) is 13.8 Å². The van der Waals surface area contributed by atoms with Gasteiger partial charge in [0.25, 0.3) is 0 Å². The maximum Gasteiger partial charge on any atom is 0.155 e. The molecule has 200 valence electrons. The Hall–Kier alpha value is -3.48. The SMILES string of the molecule is Cc1ccc(C)c2c1ON1[C@@H](COCc3ccccc3)[C@H](OCc3ccccc3)[C@@H](OCc3ccccc3)[C@H]21. The van der Waals surface area contributed by atoms with Gasteiger partial charge < -0.3 is 19.0 Å². The Kier molecular flexibility index (Phi) is 7.75. The van der Waals surface area contributed by atoms with Gasteiger partial charge in [0.2, 0.25) is 0 Å². The van der Waals surface area contributed by atoms with E-state index in [4.69, 9.17) is 19.0 Å². The van der Waals surface area contributed by atoms with Crippen LogP contribution in [0.5, 0.6) is 5.75 Å². The van der Waals surface area contributed by atoms with E-state index < -0.39 is 0 Å². The van der Waals surface area contributed by atoms with Gasteiger partial charge in [-0.3, -0.25) is 0 Å². The molecule has 2 aliphatic heterocycles. The van der Waals surface area contributed by atoms with Crippen molar-refractivity contribution in [2.45, 2.75) is 58.0 Å². The minimum atomic E-state index is -0.247. The van der Waals surface area contributed by atoms with Crippen LogP contribution in [-0.2, 0) is 34.0 Å². The van der Waals surface area contributed by atoms with Gasteiger partial charge in [-0.15, -0.1) is 5.06 Å². The molecule has 0 saturated carbocycles. The zero-order chi connectivity index (χ0) is 26.6. The Balaban J connectivity index is 1.31. The second-order valence-electron chi connectivity index (χ2n) is 10.4. The number of rotatable bonds is 10. The van der Waals surface area contributed by atoms with E-state index in [1.54, 1.807) is 0 Å². The third-order valence-corrected chi connectivity index (χ3v) is 7.69. The quantitative estimate of drug-likeness (QED) is 0.232. The maximum atomic E-state index is 6.75. The summed E-state index contributed by atoms with van der Waals surface area (Å²) in [5.41, 5.74) is 6.91. The van der Waals surface area contributed by atoms with E-state index in [1.807, 2.05) is 54.6 Å². The minimum Gasteiger partial charge on any atom is -0.404 e. The van der Waals surface area contributed by atoms with Crippen molar-refractivity contribution in [3.8, 4) is 5.75 Å². The molecule has 6 rings (SSSR count). The summed E-state index contributed by atoms with van der Waals surface area (Å²) in [5, 5.41) is 2.08. The molecule has 1 fully saturated rings. The Bertz CT molecular complexity index is 1360. The number of nitrogens with zero attached hydrogens (tertiary/aromatic N) is 1. The second-order valence-corrected chi connectivity index (χ2v) is 10.4. The highest BCUT2D eigenvalue weighted by atomic mass is 16.7. The summed E-state index contributed by atoms with van der Waals surface area (Å²) in [7, 11) is 0. The molecule has 0 amide bonds. The topological polar surface area (TPSA) is 40.2 Å². The molecule has 0 bridgehead atoms. The highest BCUT2D eigenvalue weighted by Crippen LogP contribution is 2.51. The van der Waals surface area contributed by atoms with E-state index in [-0.39, 0.29) is 24.3 Å². The molecule has 1 saturated heterocycles. The molecule has 39 heavy (non-hydrogen) atoms. The number of fused-ring (bicyclic) bond motifs is 3. The van der Waals surface area contributed by atoms with Crippen LogP contribution in [-0.4, -0.2) is 29.9 Å². The average molecular weight is 522 g/mol. The van der Waals surface area contributed by atoms with Gasteiger partial charge in [0, 0.05) is 5.56 Å². The van der Waals surface area contributed by atoms with Crippen LogP contribution in [0.1, 0.15) is 39.4 Å². The van der Waals surface area contributed by atoms with Crippen LogP contribution in [0.2, 0.25) is 0 Å². The minimum absolute atomic E-state index is 0.0882. The molecule has 2 heterocycles. The molecule has 4 aromatic rings. The number of hydrogen-bond donors (Lipinski definition) is 0. The van der Waals surface area contributed by atoms with Gasteiger partial charge in [0.15, 0.2) is 5.75 Å². The lowest BCUT2D eigenvalue weighted by Gasteiger charge is -2.28. The molecule has 4 aromatic carbocycles. The fraction of sp³-hybridized carbons (Fsp3) is 0.294. The lowest BCUT2D eigenvalue weighted by Crippen LogP contribution is -2.42. The summed E-state index contributed by atoms with van der Waals surface area (Å²) in [6.45, 7) is 6.23. The van der Waals surface area contributed by atoms with Crippen molar-refractivity contribution >= 4 is 0 Å². The van der Waals surface area contributed by atoms with E-state index in [9.17, 15) is 0 Å². The van der Waals surface area contributed by atoms with Crippen molar-refractivity contribution in [3.63, 3.8) is 0 Å². The zero-order valence-electron chi connectivity index (χ0n) is 22.5. The standard InChI is InChI=1S/C34H35NO4/c1-24-18-19-25(2)32-30(24)31-34(38-22-28-16-10-5-11-17-28)33(37-21-27-14-8-4-9-15-27)29(35(31)39-32)23-36-20-26-12-6-3-7-13-26/h3-19,29,31,33-34H,20-23H2,1-2H3/t29-,31-,33-,34-/m0/s1. The molecular weight excluding hydrogens is 486 g/mol. The number of hydroxylamine groups is 2. The van der Waals surface area contributed by atoms with Crippen LogP contribution in [0.15, 0.2) is 103 Å². The van der Waals surface area contributed by atoms with Crippen molar-refractivity contribution in [2.24, 2.45) is 0 Å². The summed E-state index contributed by atoms with van der Waals surface area (Å²) < 4.78 is 19.8. The van der Waals surface area contributed by atoms with Gasteiger partial charge in [0.1, 0.15) is 18.2 Å². The van der Waals surface area contributed by atoms with E-state index in [1.165, 1.54) is 11.1 Å². The summed E-state index contributed by atoms with van der Waals surface area (Å²) in [6.07, 6.45) is -0.483. The lowest BCUT2D eigenvalue weighted by molar-refractivity contribution is -0.125. The predicted octanol–water partition coefficient (Wildman–Crippen LogP) is 6.72. The van der Waals surface area contributed by atoms with Crippen LogP contribution in [0.4, 0.5) is 0 Å². The molecule has 0 unspecified atom stereocenters. The monoisotopic (exact) mass is 521 g/mol.